The average Bonchev–Trinajstić information content (AvgIpc) is 2.60. The van der Waals surface area contributed by atoms with Gasteiger partial charge in [-0.3, -0.25) is 9.59 Å². The lowest BCUT2D eigenvalue weighted by atomic mass is 10.2. The molecule has 8 nitrogen and oxygen atoms in total. The number of aromatic nitrogens is 2. The number of nitrogens with zero attached hydrogens (tertiary/aromatic N) is 1. The summed E-state index contributed by atoms with van der Waals surface area (Å²) in [5.41, 5.74) is 0.747. The highest BCUT2D eigenvalue weighted by Crippen LogP contribution is 2.29. The van der Waals surface area contributed by atoms with E-state index in [4.69, 9.17) is 14.2 Å². The van der Waals surface area contributed by atoms with Crippen molar-refractivity contribution < 1.29 is 19.0 Å². The van der Waals surface area contributed by atoms with Crippen LogP contribution in [0.25, 0.3) is 0 Å². The third-order valence-corrected chi connectivity index (χ3v) is 3.96. The third kappa shape index (κ3) is 5.50. The van der Waals surface area contributed by atoms with E-state index in [1.165, 1.54) is 20.3 Å². The van der Waals surface area contributed by atoms with E-state index in [2.05, 4.69) is 15.3 Å². The predicted molar refractivity (Wildman–Crippen MR) is 94.5 cm³/mol. The Morgan fingerprint density at radius 2 is 2.04 bits per heavy atom. The first kappa shape index (κ1) is 18.8. The number of H-pyrrole nitrogens is 1. The van der Waals surface area contributed by atoms with Crippen molar-refractivity contribution in [3.8, 4) is 11.5 Å². The van der Waals surface area contributed by atoms with Gasteiger partial charge in [0.25, 0.3) is 5.56 Å². The maximum absolute atomic E-state index is 12.1. The second-order valence-electron chi connectivity index (χ2n) is 4.88. The van der Waals surface area contributed by atoms with E-state index in [1.807, 2.05) is 0 Å². The Hall–Kier alpha value is -2.52. The fourth-order valence-corrected chi connectivity index (χ4v) is 2.69. The topological polar surface area (TPSA) is 103 Å². The Bertz CT molecular complexity index is 794. The molecule has 25 heavy (non-hydrogen) atoms. The van der Waals surface area contributed by atoms with E-state index in [0.717, 1.165) is 11.8 Å². The molecule has 0 saturated carbocycles. The molecule has 134 valence electrons. The highest BCUT2D eigenvalue weighted by atomic mass is 32.2. The molecule has 9 heteroatoms. The van der Waals surface area contributed by atoms with Gasteiger partial charge in [0.1, 0.15) is 11.5 Å². The van der Waals surface area contributed by atoms with E-state index in [9.17, 15) is 9.59 Å². The number of thioether (sulfide) groups is 1. The lowest BCUT2D eigenvalue weighted by Crippen LogP contribution is -2.16. The van der Waals surface area contributed by atoms with Gasteiger partial charge in [0.2, 0.25) is 5.91 Å². The molecule has 0 aliphatic carbocycles. The van der Waals surface area contributed by atoms with E-state index < -0.39 is 0 Å². The third-order valence-electron chi connectivity index (χ3n) is 3.09. The van der Waals surface area contributed by atoms with E-state index in [1.54, 1.807) is 25.3 Å². The first-order chi connectivity index (χ1) is 12.0. The molecule has 0 aliphatic heterocycles. The lowest BCUT2D eigenvalue weighted by molar-refractivity contribution is -0.113. The first-order valence-corrected chi connectivity index (χ1v) is 8.28. The zero-order valence-electron chi connectivity index (χ0n) is 14.1. The van der Waals surface area contributed by atoms with Crippen molar-refractivity contribution in [3.05, 3.63) is 40.3 Å². The number of amides is 1. The molecule has 2 rings (SSSR count). The molecule has 1 amide bonds. The summed E-state index contributed by atoms with van der Waals surface area (Å²) in [6, 6.07) is 6.45. The van der Waals surface area contributed by atoms with Gasteiger partial charge in [-0.15, -0.1) is 0 Å². The molecule has 0 fully saturated rings. The van der Waals surface area contributed by atoms with Crippen LogP contribution in [0, 0.1) is 0 Å². The average molecular weight is 365 g/mol. The second kappa shape index (κ2) is 9.09. The minimum atomic E-state index is -0.290. The number of nitrogens with one attached hydrogen (secondary N) is 2. The van der Waals surface area contributed by atoms with Crippen LogP contribution in [-0.2, 0) is 16.1 Å². The maximum Gasteiger partial charge on any atom is 0.251 e. The van der Waals surface area contributed by atoms with Gasteiger partial charge < -0.3 is 24.5 Å². The minimum Gasteiger partial charge on any atom is -0.497 e. The number of benzene rings is 1. The summed E-state index contributed by atoms with van der Waals surface area (Å²) in [6.07, 6.45) is 0. The van der Waals surface area contributed by atoms with Gasteiger partial charge in [-0.05, 0) is 12.1 Å². The number of methoxy groups -OCH3 is 3. The molecule has 1 aromatic heterocycles. The Morgan fingerprint density at radius 1 is 1.24 bits per heavy atom. The van der Waals surface area contributed by atoms with Crippen molar-refractivity contribution in [1.82, 2.24) is 9.97 Å². The summed E-state index contributed by atoms with van der Waals surface area (Å²) < 4.78 is 15.3. The van der Waals surface area contributed by atoms with E-state index in [-0.39, 0.29) is 23.8 Å². The normalized spacial score (nSPS) is 10.4. The van der Waals surface area contributed by atoms with Crippen LogP contribution in [0.2, 0.25) is 0 Å². The summed E-state index contributed by atoms with van der Waals surface area (Å²) in [5, 5.41) is 3.11. The van der Waals surface area contributed by atoms with E-state index in [0.29, 0.717) is 28.0 Å². The SMILES string of the molecule is COCc1cc(=O)[nH]c(SCC(=O)Nc2ccc(OC)cc2OC)n1. The van der Waals surface area contributed by atoms with Crippen molar-refractivity contribution in [2.75, 3.05) is 32.4 Å². The Morgan fingerprint density at radius 3 is 2.72 bits per heavy atom. The van der Waals surface area contributed by atoms with Gasteiger partial charge in [0.15, 0.2) is 5.16 Å². The number of ether oxygens (including phenoxy) is 3. The molecule has 1 heterocycles. The molecular formula is C16H19N3O5S. The molecule has 0 radical (unpaired) electrons. The Labute approximate surface area is 148 Å². The molecule has 0 unspecified atom stereocenters. The number of hydrogen-bond acceptors (Lipinski definition) is 7. The highest BCUT2D eigenvalue weighted by molar-refractivity contribution is 7.99. The number of anilines is 1. The monoisotopic (exact) mass is 365 g/mol. The van der Waals surface area contributed by atoms with Gasteiger partial charge in [-0.1, -0.05) is 11.8 Å². The molecule has 2 N–H and O–H groups in total. The molecule has 0 atom stereocenters. The quantitative estimate of drug-likeness (QED) is 0.542. The van der Waals surface area contributed by atoms with Crippen molar-refractivity contribution in [2.24, 2.45) is 0 Å². The fraction of sp³-hybridized carbons (Fsp3) is 0.312. The van der Waals surface area contributed by atoms with Crippen LogP contribution in [0.1, 0.15) is 5.69 Å². The van der Waals surface area contributed by atoms with Crippen molar-refractivity contribution in [1.29, 1.82) is 0 Å². The van der Waals surface area contributed by atoms with Gasteiger partial charge in [-0.2, -0.15) is 0 Å². The van der Waals surface area contributed by atoms with Gasteiger partial charge >= 0.3 is 0 Å². The van der Waals surface area contributed by atoms with Crippen LogP contribution in [-0.4, -0.2) is 43.0 Å². The molecule has 0 spiro atoms. The molecule has 0 bridgehead atoms. The molecule has 0 saturated heterocycles. The van der Waals surface area contributed by atoms with Crippen LogP contribution in [0.3, 0.4) is 0 Å². The van der Waals surface area contributed by atoms with Crippen LogP contribution in [0.5, 0.6) is 11.5 Å². The largest absolute Gasteiger partial charge is 0.497 e. The Kier molecular flexibility index (Phi) is 6.84. The summed E-state index contributed by atoms with van der Waals surface area (Å²) in [6.45, 7) is 0.229. The van der Waals surface area contributed by atoms with E-state index >= 15 is 0 Å². The summed E-state index contributed by atoms with van der Waals surface area (Å²) in [4.78, 5) is 30.5. The zero-order chi connectivity index (χ0) is 18.2. The first-order valence-electron chi connectivity index (χ1n) is 7.29. The van der Waals surface area contributed by atoms with Crippen LogP contribution >= 0.6 is 11.8 Å². The fourth-order valence-electron chi connectivity index (χ4n) is 2.00. The molecular weight excluding hydrogens is 346 g/mol. The van der Waals surface area contributed by atoms with Gasteiger partial charge in [0, 0.05) is 19.2 Å². The Balaban J connectivity index is 2.00. The molecule has 0 aliphatic rings. The standard InChI is InChI=1S/C16H19N3O5S/c1-22-8-10-6-14(20)19-16(17-10)25-9-15(21)18-12-5-4-11(23-2)7-13(12)24-3/h4-7H,8-9H2,1-3H3,(H,18,21)(H,17,19,20). The number of hydrogen-bond donors (Lipinski definition) is 2. The zero-order valence-corrected chi connectivity index (χ0v) is 14.9. The van der Waals surface area contributed by atoms with Crippen molar-refractivity contribution in [2.45, 2.75) is 11.8 Å². The van der Waals surface area contributed by atoms with Crippen molar-refractivity contribution >= 4 is 23.4 Å². The van der Waals surface area contributed by atoms with Gasteiger partial charge in [0.05, 0.1) is 38.0 Å². The smallest absolute Gasteiger partial charge is 0.251 e. The predicted octanol–water partition coefficient (Wildman–Crippen LogP) is 1.66. The number of aromatic amines is 1. The van der Waals surface area contributed by atoms with Crippen LogP contribution < -0.4 is 20.3 Å². The lowest BCUT2D eigenvalue weighted by Gasteiger charge is -2.11. The second-order valence-corrected chi connectivity index (χ2v) is 5.84. The molecule has 1 aromatic carbocycles. The number of carbonyl (C=O) groups excluding carboxylic acids is 1. The van der Waals surface area contributed by atoms with Crippen LogP contribution in [0.15, 0.2) is 34.2 Å². The molecule has 2 aromatic rings. The number of rotatable bonds is 8. The van der Waals surface area contributed by atoms with Crippen LogP contribution in [0.4, 0.5) is 5.69 Å². The van der Waals surface area contributed by atoms with Gasteiger partial charge in [-0.25, -0.2) is 4.98 Å². The minimum absolute atomic E-state index is 0.0779. The highest BCUT2D eigenvalue weighted by Gasteiger charge is 2.11. The number of carbonyl (C=O) groups is 1. The summed E-state index contributed by atoms with van der Waals surface area (Å²) >= 11 is 1.12. The summed E-state index contributed by atoms with van der Waals surface area (Å²) in [5.74, 6) is 0.940. The van der Waals surface area contributed by atoms with Crippen molar-refractivity contribution in [3.63, 3.8) is 0 Å². The summed E-state index contributed by atoms with van der Waals surface area (Å²) in [7, 11) is 4.58. The maximum atomic E-state index is 12.1.